The molecule has 0 unspecified atom stereocenters. The van der Waals surface area contributed by atoms with Crippen LogP contribution in [0.3, 0.4) is 0 Å². The molecule has 0 spiro atoms. The molecule has 12 heteroatoms. The highest BCUT2D eigenvalue weighted by molar-refractivity contribution is 7.89. The number of rotatable bonds is 9. The van der Waals surface area contributed by atoms with Crippen LogP contribution in [0.1, 0.15) is 35.9 Å². The number of anilines is 1. The number of carbonyl (C=O) groups is 2. The van der Waals surface area contributed by atoms with Crippen LogP contribution in [0, 0.1) is 17.2 Å². The minimum atomic E-state index is -3.91. The molecule has 1 aliphatic rings. The molecular formula is C21H25N5O6S. The fraction of sp³-hybridized carbons (Fsp3) is 0.429. The molecule has 3 rings (SSSR count). The molecule has 1 fully saturated rings. The number of nitriles is 1. The molecule has 2 aromatic rings. The second kappa shape index (κ2) is 10.9. The predicted molar refractivity (Wildman–Crippen MR) is 117 cm³/mol. The van der Waals surface area contributed by atoms with E-state index in [9.17, 15) is 18.0 Å². The van der Waals surface area contributed by atoms with E-state index in [4.69, 9.17) is 14.4 Å². The standard InChI is InChI=1S/C21H25N5O6S/c1-2-31-21(28)17-5-6-18(32-17)33(29,30)26-12-7-15(8-13-26)20(27)25-11-10-24-19-16(14-22)4-3-9-23-19/h3-6,9,15H,2,7-8,10-13H2,1H3,(H,23,24)(H,25,27). The lowest BCUT2D eigenvalue weighted by Gasteiger charge is -2.29. The molecule has 3 heterocycles. The van der Waals surface area contributed by atoms with Crippen LogP contribution in [0.15, 0.2) is 40.0 Å². The van der Waals surface area contributed by atoms with E-state index in [2.05, 4.69) is 15.6 Å². The number of pyridine rings is 1. The first-order chi connectivity index (χ1) is 15.9. The first-order valence-corrected chi connectivity index (χ1v) is 11.9. The smallest absolute Gasteiger partial charge is 0.374 e. The molecule has 0 saturated carbocycles. The Balaban J connectivity index is 1.46. The maximum absolute atomic E-state index is 12.8. The third-order valence-corrected chi connectivity index (χ3v) is 6.89. The molecule has 1 saturated heterocycles. The molecule has 0 aromatic carbocycles. The van der Waals surface area contributed by atoms with Gasteiger partial charge in [0.05, 0.1) is 12.2 Å². The van der Waals surface area contributed by atoms with E-state index in [0.29, 0.717) is 37.3 Å². The van der Waals surface area contributed by atoms with Crippen LogP contribution < -0.4 is 10.6 Å². The number of aromatic nitrogens is 1. The monoisotopic (exact) mass is 475 g/mol. The van der Waals surface area contributed by atoms with Crippen molar-refractivity contribution in [1.29, 1.82) is 5.26 Å². The summed E-state index contributed by atoms with van der Waals surface area (Å²) >= 11 is 0. The summed E-state index contributed by atoms with van der Waals surface area (Å²) in [5.74, 6) is -0.913. The summed E-state index contributed by atoms with van der Waals surface area (Å²) in [6, 6.07) is 7.86. The van der Waals surface area contributed by atoms with Gasteiger partial charge in [0, 0.05) is 38.3 Å². The van der Waals surface area contributed by atoms with Crippen molar-refractivity contribution in [3.63, 3.8) is 0 Å². The minimum absolute atomic E-state index is 0.150. The van der Waals surface area contributed by atoms with Gasteiger partial charge in [0.15, 0.2) is 0 Å². The van der Waals surface area contributed by atoms with Crippen molar-refractivity contribution < 1.29 is 27.2 Å². The van der Waals surface area contributed by atoms with Gasteiger partial charge in [0.1, 0.15) is 11.9 Å². The Morgan fingerprint density at radius 3 is 2.73 bits per heavy atom. The summed E-state index contributed by atoms with van der Waals surface area (Å²) in [7, 11) is -3.91. The Morgan fingerprint density at radius 1 is 1.27 bits per heavy atom. The number of nitrogens with zero attached hydrogens (tertiary/aromatic N) is 3. The molecule has 0 bridgehead atoms. The highest BCUT2D eigenvalue weighted by atomic mass is 32.2. The predicted octanol–water partition coefficient (Wildman–Crippen LogP) is 1.35. The number of carbonyl (C=O) groups excluding carboxylic acids is 2. The van der Waals surface area contributed by atoms with Crippen LogP contribution in [-0.2, 0) is 19.6 Å². The van der Waals surface area contributed by atoms with Crippen molar-refractivity contribution in [2.24, 2.45) is 5.92 Å². The number of amides is 1. The molecule has 176 valence electrons. The van der Waals surface area contributed by atoms with Crippen molar-refractivity contribution >= 4 is 27.7 Å². The van der Waals surface area contributed by atoms with E-state index in [1.54, 1.807) is 25.3 Å². The number of piperidine rings is 1. The largest absolute Gasteiger partial charge is 0.460 e. The summed E-state index contributed by atoms with van der Waals surface area (Å²) in [4.78, 5) is 28.3. The summed E-state index contributed by atoms with van der Waals surface area (Å²) in [5.41, 5.74) is 0.420. The molecule has 1 aliphatic heterocycles. The van der Waals surface area contributed by atoms with Gasteiger partial charge < -0.3 is 19.8 Å². The van der Waals surface area contributed by atoms with Gasteiger partial charge in [-0.1, -0.05) is 0 Å². The second-order valence-corrected chi connectivity index (χ2v) is 9.12. The molecule has 33 heavy (non-hydrogen) atoms. The first-order valence-electron chi connectivity index (χ1n) is 10.5. The molecule has 0 aliphatic carbocycles. The van der Waals surface area contributed by atoms with Crippen LogP contribution in [-0.4, -0.2) is 62.4 Å². The van der Waals surface area contributed by atoms with Gasteiger partial charge in [-0.15, -0.1) is 0 Å². The van der Waals surface area contributed by atoms with E-state index in [1.165, 1.54) is 16.4 Å². The quantitative estimate of drug-likeness (QED) is 0.404. The number of sulfonamides is 1. The lowest BCUT2D eigenvalue weighted by Crippen LogP contribution is -2.43. The van der Waals surface area contributed by atoms with Crippen LogP contribution in [0.25, 0.3) is 0 Å². The van der Waals surface area contributed by atoms with Gasteiger partial charge in [-0.3, -0.25) is 4.79 Å². The molecule has 0 radical (unpaired) electrons. The summed E-state index contributed by atoms with van der Waals surface area (Å²) < 4.78 is 36.8. The number of hydrogen-bond acceptors (Lipinski definition) is 9. The zero-order valence-corrected chi connectivity index (χ0v) is 18.9. The lowest BCUT2D eigenvalue weighted by atomic mass is 9.97. The molecule has 2 aromatic heterocycles. The Morgan fingerprint density at radius 2 is 2.03 bits per heavy atom. The summed E-state index contributed by atoms with van der Waals surface area (Å²) in [5, 5.41) is 14.6. The summed E-state index contributed by atoms with van der Waals surface area (Å²) in [6.07, 6.45) is 2.30. The van der Waals surface area contributed by atoms with Crippen molar-refractivity contribution in [2.45, 2.75) is 24.9 Å². The van der Waals surface area contributed by atoms with Crippen LogP contribution >= 0.6 is 0 Å². The highest BCUT2D eigenvalue weighted by Gasteiger charge is 2.34. The fourth-order valence-electron chi connectivity index (χ4n) is 3.40. The summed E-state index contributed by atoms with van der Waals surface area (Å²) in [6.45, 7) is 2.84. The van der Waals surface area contributed by atoms with Crippen LogP contribution in [0.4, 0.5) is 5.82 Å². The van der Waals surface area contributed by atoms with E-state index < -0.39 is 16.0 Å². The number of furan rings is 1. The number of nitrogens with one attached hydrogen (secondary N) is 2. The normalized spacial score (nSPS) is 14.9. The molecule has 11 nitrogen and oxygen atoms in total. The number of ether oxygens (including phenoxy) is 1. The minimum Gasteiger partial charge on any atom is -0.460 e. The van der Waals surface area contributed by atoms with Crippen LogP contribution in [0.2, 0.25) is 0 Å². The first kappa shape index (κ1) is 24.2. The Hall–Kier alpha value is -3.43. The van der Waals surface area contributed by atoms with Gasteiger partial charge in [0.2, 0.25) is 16.8 Å². The van der Waals surface area contributed by atoms with Crippen molar-refractivity contribution in [1.82, 2.24) is 14.6 Å². The van der Waals surface area contributed by atoms with E-state index in [-0.39, 0.29) is 42.4 Å². The zero-order valence-electron chi connectivity index (χ0n) is 18.1. The third-order valence-electron chi connectivity index (χ3n) is 5.12. The Bertz CT molecular complexity index is 1130. The number of hydrogen-bond donors (Lipinski definition) is 2. The van der Waals surface area contributed by atoms with Crippen molar-refractivity contribution in [2.75, 3.05) is 38.1 Å². The average molecular weight is 476 g/mol. The number of esters is 1. The van der Waals surface area contributed by atoms with E-state index in [1.807, 2.05) is 6.07 Å². The maximum Gasteiger partial charge on any atom is 0.374 e. The van der Waals surface area contributed by atoms with Gasteiger partial charge in [-0.05, 0) is 44.0 Å². The van der Waals surface area contributed by atoms with E-state index in [0.717, 1.165) is 0 Å². The lowest BCUT2D eigenvalue weighted by molar-refractivity contribution is -0.126. The Labute approximate surface area is 191 Å². The van der Waals surface area contributed by atoms with Crippen molar-refractivity contribution in [3.8, 4) is 6.07 Å². The SMILES string of the molecule is CCOC(=O)c1ccc(S(=O)(=O)N2CCC(C(=O)NCCNc3ncccc3C#N)CC2)o1. The molecule has 1 amide bonds. The highest BCUT2D eigenvalue weighted by Crippen LogP contribution is 2.25. The maximum atomic E-state index is 12.8. The average Bonchev–Trinajstić information content (AvgIpc) is 3.34. The van der Waals surface area contributed by atoms with Gasteiger partial charge >= 0.3 is 5.97 Å². The van der Waals surface area contributed by atoms with Crippen molar-refractivity contribution in [3.05, 3.63) is 41.8 Å². The zero-order chi connectivity index (χ0) is 23.8. The van der Waals surface area contributed by atoms with Crippen LogP contribution in [0.5, 0.6) is 0 Å². The molecule has 0 atom stereocenters. The molecular weight excluding hydrogens is 450 g/mol. The second-order valence-electron chi connectivity index (χ2n) is 7.25. The van der Waals surface area contributed by atoms with Gasteiger partial charge in [-0.2, -0.15) is 9.57 Å². The molecule has 2 N–H and O–H groups in total. The van der Waals surface area contributed by atoms with E-state index >= 15 is 0 Å². The van der Waals surface area contributed by atoms with Gasteiger partial charge in [0.25, 0.3) is 10.0 Å². The topological polar surface area (TPSA) is 155 Å². The third kappa shape index (κ3) is 5.88. The van der Waals surface area contributed by atoms with Gasteiger partial charge in [-0.25, -0.2) is 18.2 Å². The fourth-order valence-corrected chi connectivity index (χ4v) is 4.78. The Kier molecular flexibility index (Phi) is 8.02.